The molecule has 0 radical (unpaired) electrons. The molecule has 19 heavy (non-hydrogen) atoms. The average molecular weight is 267 g/mol. The minimum atomic E-state index is -0.421. The number of anilines is 1. The Morgan fingerprint density at radius 2 is 2.21 bits per heavy atom. The summed E-state index contributed by atoms with van der Waals surface area (Å²) in [7, 11) is 0. The molecule has 0 bridgehead atoms. The van der Waals surface area contributed by atoms with Crippen molar-refractivity contribution in [1.82, 2.24) is 0 Å². The van der Waals surface area contributed by atoms with Crippen LogP contribution >= 0.6 is 0 Å². The van der Waals surface area contributed by atoms with Gasteiger partial charge in [-0.3, -0.25) is 10.1 Å². The number of non-ortho nitro benzene ring substituents is 1. The van der Waals surface area contributed by atoms with Crippen molar-refractivity contribution in [3.8, 4) is 5.75 Å². The third-order valence-electron chi connectivity index (χ3n) is 2.50. The Labute approximate surface area is 113 Å². The SMILES string of the molecule is CCCOc1cc(NCCC(C)N)cc([N+](=O)[O-])c1. The molecule has 0 aliphatic carbocycles. The van der Waals surface area contributed by atoms with Gasteiger partial charge in [-0.2, -0.15) is 0 Å². The van der Waals surface area contributed by atoms with Crippen molar-refractivity contribution in [1.29, 1.82) is 0 Å². The molecule has 106 valence electrons. The van der Waals surface area contributed by atoms with E-state index >= 15 is 0 Å². The summed E-state index contributed by atoms with van der Waals surface area (Å²) in [5.41, 5.74) is 6.36. The molecule has 0 aromatic heterocycles. The van der Waals surface area contributed by atoms with Crippen LogP contribution in [0.5, 0.6) is 5.75 Å². The maximum atomic E-state index is 10.9. The van der Waals surface area contributed by atoms with Gasteiger partial charge in [0, 0.05) is 30.4 Å². The normalized spacial score (nSPS) is 11.9. The first-order valence-electron chi connectivity index (χ1n) is 6.44. The Morgan fingerprint density at radius 3 is 2.79 bits per heavy atom. The highest BCUT2D eigenvalue weighted by atomic mass is 16.6. The number of rotatable bonds is 8. The van der Waals surface area contributed by atoms with Gasteiger partial charge >= 0.3 is 0 Å². The van der Waals surface area contributed by atoms with Crippen LogP contribution in [0.3, 0.4) is 0 Å². The lowest BCUT2D eigenvalue weighted by atomic mass is 10.2. The molecule has 1 aromatic rings. The van der Waals surface area contributed by atoms with Crippen LogP contribution in [0, 0.1) is 10.1 Å². The van der Waals surface area contributed by atoms with Crippen molar-refractivity contribution in [3.63, 3.8) is 0 Å². The topological polar surface area (TPSA) is 90.4 Å². The van der Waals surface area contributed by atoms with Crippen LogP contribution in [0.25, 0.3) is 0 Å². The average Bonchev–Trinajstić information content (AvgIpc) is 2.35. The van der Waals surface area contributed by atoms with Gasteiger partial charge in [-0.1, -0.05) is 6.92 Å². The van der Waals surface area contributed by atoms with Gasteiger partial charge in [-0.15, -0.1) is 0 Å². The van der Waals surface area contributed by atoms with E-state index in [-0.39, 0.29) is 11.7 Å². The molecular formula is C13H21N3O3. The van der Waals surface area contributed by atoms with E-state index in [1.807, 2.05) is 13.8 Å². The summed E-state index contributed by atoms with van der Waals surface area (Å²) in [4.78, 5) is 10.4. The monoisotopic (exact) mass is 267 g/mol. The van der Waals surface area contributed by atoms with Crippen LogP contribution in [0.2, 0.25) is 0 Å². The van der Waals surface area contributed by atoms with Crippen LogP contribution < -0.4 is 15.8 Å². The van der Waals surface area contributed by atoms with Crippen molar-refractivity contribution in [2.75, 3.05) is 18.5 Å². The molecule has 0 saturated heterocycles. The largest absolute Gasteiger partial charge is 0.493 e. The zero-order valence-electron chi connectivity index (χ0n) is 11.4. The van der Waals surface area contributed by atoms with Crippen molar-refractivity contribution < 1.29 is 9.66 Å². The molecule has 0 fully saturated rings. The number of hydrogen-bond donors (Lipinski definition) is 2. The van der Waals surface area contributed by atoms with Crippen molar-refractivity contribution in [3.05, 3.63) is 28.3 Å². The van der Waals surface area contributed by atoms with Gasteiger partial charge in [-0.25, -0.2) is 0 Å². The lowest BCUT2D eigenvalue weighted by Gasteiger charge is -2.10. The van der Waals surface area contributed by atoms with E-state index in [9.17, 15) is 10.1 Å². The fraction of sp³-hybridized carbons (Fsp3) is 0.538. The second-order valence-electron chi connectivity index (χ2n) is 4.51. The van der Waals surface area contributed by atoms with Crippen molar-refractivity contribution in [2.45, 2.75) is 32.7 Å². The maximum absolute atomic E-state index is 10.9. The number of nitrogens with zero attached hydrogens (tertiary/aromatic N) is 1. The highest BCUT2D eigenvalue weighted by molar-refractivity contribution is 5.56. The number of nitrogens with one attached hydrogen (secondary N) is 1. The molecule has 6 nitrogen and oxygen atoms in total. The van der Waals surface area contributed by atoms with E-state index in [4.69, 9.17) is 10.5 Å². The Bertz CT molecular complexity index is 422. The molecule has 1 unspecified atom stereocenters. The molecule has 0 amide bonds. The van der Waals surface area contributed by atoms with Gasteiger partial charge < -0.3 is 15.8 Å². The summed E-state index contributed by atoms with van der Waals surface area (Å²) in [5.74, 6) is 0.513. The third kappa shape index (κ3) is 5.56. The quantitative estimate of drug-likeness (QED) is 0.558. The molecule has 0 spiro atoms. The number of ether oxygens (including phenoxy) is 1. The van der Waals surface area contributed by atoms with Crippen LogP contribution in [0.15, 0.2) is 18.2 Å². The molecule has 0 heterocycles. The first-order chi connectivity index (χ1) is 9.02. The summed E-state index contributed by atoms with van der Waals surface area (Å²) in [5, 5.41) is 14.0. The number of nitro benzene ring substituents is 1. The van der Waals surface area contributed by atoms with Gasteiger partial charge in [0.15, 0.2) is 0 Å². The van der Waals surface area contributed by atoms with E-state index in [1.54, 1.807) is 6.07 Å². The Morgan fingerprint density at radius 1 is 1.47 bits per heavy atom. The second-order valence-corrected chi connectivity index (χ2v) is 4.51. The molecule has 1 aromatic carbocycles. The molecule has 1 rings (SSSR count). The summed E-state index contributed by atoms with van der Waals surface area (Å²) in [6.07, 6.45) is 1.66. The summed E-state index contributed by atoms with van der Waals surface area (Å²) in [6.45, 7) is 5.12. The van der Waals surface area contributed by atoms with Crippen LogP contribution in [-0.4, -0.2) is 24.1 Å². The lowest BCUT2D eigenvalue weighted by molar-refractivity contribution is -0.384. The van der Waals surface area contributed by atoms with E-state index in [0.29, 0.717) is 24.6 Å². The molecular weight excluding hydrogens is 246 g/mol. The molecule has 0 saturated carbocycles. The van der Waals surface area contributed by atoms with Gasteiger partial charge in [0.1, 0.15) is 5.75 Å². The number of benzene rings is 1. The van der Waals surface area contributed by atoms with E-state index in [0.717, 1.165) is 12.8 Å². The van der Waals surface area contributed by atoms with E-state index in [2.05, 4.69) is 5.32 Å². The summed E-state index contributed by atoms with van der Waals surface area (Å²) < 4.78 is 5.44. The van der Waals surface area contributed by atoms with Crippen LogP contribution in [0.4, 0.5) is 11.4 Å². The second kappa shape index (κ2) is 7.58. The first-order valence-corrected chi connectivity index (χ1v) is 6.44. The van der Waals surface area contributed by atoms with Crippen LogP contribution in [0.1, 0.15) is 26.7 Å². The Kier molecular flexibility index (Phi) is 6.08. The fourth-order valence-electron chi connectivity index (χ4n) is 1.54. The lowest BCUT2D eigenvalue weighted by Crippen LogP contribution is -2.19. The van der Waals surface area contributed by atoms with Gasteiger partial charge in [-0.05, 0) is 19.8 Å². The predicted octanol–water partition coefficient (Wildman–Crippen LogP) is 2.53. The predicted molar refractivity (Wildman–Crippen MR) is 75.6 cm³/mol. The Hall–Kier alpha value is -1.82. The smallest absolute Gasteiger partial charge is 0.275 e. The van der Waals surface area contributed by atoms with Gasteiger partial charge in [0.2, 0.25) is 0 Å². The molecule has 1 atom stereocenters. The molecule has 0 aliphatic rings. The summed E-state index contributed by atoms with van der Waals surface area (Å²) >= 11 is 0. The number of nitro groups is 1. The minimum Gasteiger partial charge on any atom is -0.493 e. The number of nitrogens with two attached hydrogens (primary N) is 1. The van der Waals surface area contributed by atoms with Crippen molar-refractivity contribution in [2.24, 2.45) is 5.73 Å². The third-order valence-corrected chi connectivity index (χ3v) is 2.50. The number of hydrogen-bond acceptors (Lipinski definition) is 5. The zero-order valence-corrected chi connectivity index (χ0v) is 11.4. The van der Waals surface area contributed by atoms with E-state index < -0.39 is 4.92 Å². The highest BCUT2D eigenvalue weighted by Crippen LogP contribution is 2.26. The highest BCUT2D eigenvalue weighted by Gasteiger charge is 2.10. The first kappa shape index (κ1) is 15.2. The minimum absolute atomic E-state index is 0.0249. The standard InChI is InChI=1S/C13H21N3O3/c1-3-6-19-13-8-11(15-5-4-10(2)14)7-12(9-13)16(17)18/h7-10,15H,3-6,14H2,1-2H3. The zero-order chi connectivity index (χ0) is 14.3. The van der Waals surface area contributed by atoms with Gasteiger partial charge in [0.25, 0.3) is 5.69 Å². The van der Waals surface area contributed by atoms with Crippen LogP contribution in [-0.2, 0) is 0 Å². The molecule has 6 heteroatoms. The van der Waals surface area contributed by atoms with E-state index in [1.165, 1.54) is 12.1 Å². The van der Waals surface area contributed by atoms with Crippen molar-refractivity contribution >= 4 is 11.4 Å². The molecule has 3 N–H and O–H groups in total. The fourth-order valence-corrected chi connectivity index (χ4v) is 1.54. The Balaban J connectivity index is 2.77. The summed E-state index contributed by atoms with van der Waals surface area (Å²) in [6, 6.07) is 4.80. The molecule has 0 aliphatic heterocycles. The maximum Gasteiger partial charge on any atom is 0.275 e. The van der Waals surface area contributed by atoms with Gasteiger partial charge in [0.05, 0.1) is 17.6 Å².